The molecule has 9 heavy (non-hydrogen) atoms. The predicted molar refractivity (Wildman–Crippen MR) is 32.2 cm³/mol. The van der Waals surface area contributed by atoms with Crippen LogP contribution in [0.1, 0.15) is 20.3 Å². The van der Waals surface area contributed by atoms with Gasteiger partial charge in [0.25, 0.3) is 0 Å². The van der Waals surface area contributed by atoms with Crippen LogP contribution in [0.25, 0.3) is 0 Å². The van der Waals surface area contributed by atoms with Crippen molar-refractivity contribution in [3.63, 3.8) is 0 Å². The van der Waals surface area contributed by atoms with Crippen LogP contribution in [0.4, 0.5) is 0 Å². The summed E-state index contributed by atoms with van der Waals surface area (Å²) in [6.07, 6.45) is 1.23. The lowest BCUT2D eigenvalue weighted by Gasteiger charge is -2.34. The number of hydrogen-bond donors (Lipinski definition) is 2. The van der Waals surface area contributed by atoms with Gasteiger partial charge in [0, 0.05) is 0 Å². The van der Waals surface area contributed by atoms with Gasteiger partial charge in [0.1, 0.15) is 11.1 Å². The molecule has 0 aromatic rings. The smallest absolute Gasteiger partial charge is 0.211 e. The number of nitrogens with one attached hydrogen (secondary N) is 2. The van der Waals surface area contributed by atoms with Crippen LogP contribution < -0.4 is 4.91 Å². The second-order valence-electron chi connectivity index (χ2n) is 2.47. The Morgan fingerprint density at radius 3 is 1.67 bits per heavy atom. The van der Waals surface area contributed by atoms with Crippen LogP contribution in [0, 0.1) is 11.1 Å². The average molecular weight is 130 g/mol. The molecule has 0 aromatic heterocycles. The summed E-state index contributed by atoms with van der Waals surface area (Å²) in [6.45, 7) is 5.18. The van der Waals surface area contributed by atoms with E-state index in [2.05, 4.69) is 13.8 Å². The summed E-state index contributed by atoms with van der Waals surface area (Å²) in [5.74, 6) is 0. The van der Waals surface area contributed by atoms with Crippen LogP contribution in [0.5, 0.6) is 0 Å². The van der Waals surface area contributed by atoms with Gasteiger partial charge in [0.05, 0.1) is 12.2 Å². The molecule has 4 heteroatoms. The fourth-order valence-corrected chi connectivity index (χ4v) is 0.510. The summed E-state index contributed by atoms with van der Waals surface area (Å²) in [5, 5.41) is 0. The SMILES string of the molecule is CC1(C)CCO1.N=[N+]=N. The van der Waals surface area contributed by atoms with Crippen molar-refractivity contribution in [2.45, 2.75) is 25.9 Å². The van der Waals surface area contributed by atoms with Crippen molar-refractivity contribution >= 4 is 0 Å². The first-order valence-corrected chi connectivity index (χ1v) is 2.79. The van der Waals surface area contributed by atoms with Gasteiger partial charge in [-0.25, -0.2) is 0 Å². The molecule has 1 fully saturated rings. The Balaban J connectivity index is 0.000000187. The summed E-state index contributed by atoms with van der Waals surface area (Å²) < 4.78 is 5.12. The second-order valence-corrected chi connectivity index (χ2v) is 2.47. The first-order valence-electron chi connectivity index (χ1n) is 2.79. The zero-order chi connectivity index (χ0) is 7.33. The molecule has 1 saturated heterocycles. The fraction of sp³-hybridized carbons (Fsp3) is 1.00. The van der Waals surface area contributed by atoms with Crippen LogP contribution in [-0.2, 0) is 4.74 Å². The van der Waals surface area contributed by atoms with E-state index in [-0.39, 0.29) is 5.60 Å². The van der Waals surface area contributed by atoms with E-state index in [4.69, 9.17) is 15.8 Å². The van der Waals surface area contributed by atoms with Crippen LogP contribution in [0.3, 0.4) is 0 Å². The van der Waals surface area contributed by atoms with Crippen LogP contribution in [0.2, 0.25) is 0 Å². The maximum absolute atomic E-state index is 5.50. The van der Waals surface area contributed by atoms with Crippen LogP contribution in [0.15, 0.2) is 0 Å². The van der Waals surface area contributed by atoms with E-state index in [1.807, 2.05) is 4.91 Å². The Hall–Kier alpha value is -0.730. The molecule has 2 N–H and O–H groups in total. The molecular formula is C5H12N3O+. The molecule has 0 amide bonds. The third-order valence-corrected chi connectivity index (χ3v) is 1.20. The predicted octanol–water partition coefficient (Wildman–Crippen LogP) is 1.30. The Morgan fingerprint density at radius 1 is 1.44 bits per heavy atom. The minimum absolute atomic E-state index is 0.222. The summed E-state index contributed by atoms with van der Waals surface area (Å²) >= 11 is 0. The molecule has 1 aliphatic heterocycles. The van der Waals surface area contributed by atoms with Gasteiger partial charge in [-0.15, -0.1) is 0 Å². The van der Waals surface area contributed by atoms with Crippen molar-refractivity contribution in [1.29, 1.82) is 11.1 Å². The van der Waals surface area contributed by atoms with Crippen molar-refractivity contribution in [2.24, 2.45) is 0 Å². The van der Waals surface area contributed by atoms with Gasteiger partial charge < -0.3 is 4.74 Å². The zero-order valence-electron chi connectivity index (χ0n) is 5.77. The fourth-order valence-electron chi connectivity index (χ4n) is 0.510. The molecule has 1 aliphatic rings. The molecule has 1 heterocycles. The van der Waals surface area contributed by atoms with Crippen molar-refractivity contribution in [3.05, 3.63) is 0 Å². The summed E-state index contributed by atoms with van der Waals surface area (Å²) in [5.41, 5.74) is 11.2. The molecular weight excluding hydrogens is 118 g/mol. The lowest BCUT2D eigenvalue weighted by atomic mass is 10.0. The molecule has 1 rings (SSSR count). The normalized spacial score (nSPS) is 20.2. The van der Waals surface area contributed by atoms with Gasteiger partial charge in [-0.05, 0) is 20.3 Å². The highest BCUT2D eigenvalue weighted by molar-refractivity contribution is 4.75. The second kappa shape index (κ2) is 3.33. The first kappa shape index (κ1) is 8.27. The molecule has 0 atom stereocenters. The molecule has 0 unspecified atom stereocenters. The highest BCUT2D eigenvalue weighted by Gasteiger charge is 2.26. The van der Waals surface area contributed by atoms with E-state index in [0.717, 1.165) is 6.61 Å². The van der Waals surface area contributed by atoms with Crippen molar-refractivity contribution < 1.29 is 4.74 Å². The highest BCUT2D eigenvalue weighted by atomic mass is 16.5. The van der Waals surface area contributed by atoms with Crippen molar-refractivity contribution in [2.75, 3.05) is 6.61 Å². The van der Waals surface area contributed by atoms with Crippen LogP contribution >= 0.6 is 0 Å². The molecule has 0 radical (unpaired) electrons. The Bertz CT molecular complexity index is 109. The minimum Gasteiger partial charge on any atom is -0.375 e. The summed E-state index contributed by atoms with van der Waals surface area (Å²) in [7, 11) is 0. The van der Waals surface area contributed by atoms with Gasteiger partial charge in [-0.2, -0.15) is 0 Å². The zero-order valence-corrected chi connectivity index (χ0v) is 5.77. The van der Waals surface area contributed by atoms with Gasteiger partial charge in [0.15, 0.2) is 0 Å². The lowest BCUT2D eigenvalue weighted by Crippen LogP contribution is -2.36. The Morgan fingerprint density at radius 2 is 1.67 bits per heavy atom. The number of rotatable bonds is 0. The van der Waals surface area contributed by atoms with Crippen LogP contribution in [-0.4, -0.2) is 12.2 Å². The molecule has 0 aromatic carbocycles. The molecule has 0 spiro atoms. The quantitative estimate of drug-likeness (QED) is 0.376. The maximum atomic E-state index is 5.50. The lowest BCUT2D eigenvalue weighted by molar-refractivity contribution is -0.120. The highest BCUT2D eigenvalue weighted by Crippen LogP contribution is 2.23. The minimum atomic E-state index is 0.222. The number of ether oxygens (including phenoxy) is 1. The Kier molecular flexibility index (Phi) is 3.06. The Labute approximate surface area is 54.2 Å². The van der Waals surface area contributed by atoms with Gasteiger partial charge in [-0.3, -0.25) is 0 Å². The molecule has 4 nitrogen and oxygen atoms in total. The number of hydrogen-bond acceptors (Lipinski definition) is 3. The first-order chi connectivity index (χ1) is 4.12. The van der Waals surface area contributed by atoms with Gasteiger partial charge in [-0.1, -0.05) is 0 Å². The van der Waals surface area contributed by atoms with E-state index < -0.39 is 0 Å². The van der Waals surface area contributed by atoms with Crippen molar-refractivity contribution in [3.8, 4) is 0 Å². The molecule has 0 bridgehead atoms. The van der Waals surface area contributed by atoms with Crippen molar-refractivity contribution in [1.82, 2.24) is 4.91 Å². The topological polar surface area (TPSA) is 71.0 Å². The summed E-state index contributed by atoms with van der Waals surface area (Å²) in [6, 6.07) is 0. The van der Waals surface area contributed by atoms with Gasteiger partial charge >= 0.3 is 0 Å². The third-order valence-electron chi connectivity index (χ3n) is 1.20. The van der Waals surface area contributed by atoms with E-state index in [1.54, 1.807) is 0 Å². The largest absolute Gasteiger partial charge is 0.375 e. The van der Waals surface area contributed by atoms with E-state index >= 15 is 0 Å². The van der Waals surface area contributed by atoms with Gasteiger partial charge in [0.2, 0.25) is 4.91 Å². The molecule has 52 valence electrons. The van der Waals surface area contributed by atoms with E-state index in [1.165, 1.54) is 6.42 Å². The monoisotopic (exact) mass is 130 g/mol. The third kappa shape index (κ3) is 3.82. The van der Waals surface area contributed by atoms with E-state index in [9.17, 15) is 0 Å². The maximum Gasteiger partial charge on any atom is 0.211 e. The molecule has 0 saturated carbocycles. The standard InChI is InChI=1S/C5H10O.H2N3/c1-5(2)3-4-6-5;1-3-2/h3-4H2,1-2H3;1-2H/q;+1. The summed E-state index contributed by atoms with van der Waals surface area (Å²) in [4.78, 5) is 2.00. The average Bonchev–Trinajstić information content (AvgIpc) is 1.65. The number of nitrogens with zero attached hydrogens (tertiary/aromatic N) is 1. The molecule has 0 aliphatic carbocycles. The van der Waals surface area contributed by atoms with E-state index in [0.29, 0.717) is 0 Å².